The molecule has 0 aliphatic carbocycles. The van der Waals surface area contributed by atoms with Crippen molar-refractivity contribution in [2.75, 3.05) is 19.6 Å². The summed E-state index contributed by atoms with van der Waals surface area (Å²) in [6.45, 7) is 3.50. The Morgan fingerprint density at radius 2 is 2.00 bits per heavy atom. The molecule has 1 aliphatic heterocycles. The first-order chi connectivity index (χ1) is 8.84. The second-order valence-electron chi connectivity index (χ2n) is 4.82. The van der Waals surface area contributed by atoms with Crippen LogP contribution in [0.4, 0.5) is 0 Å². The Kier molecular flexibility index (Phi) is 3.48. The summed E-state index contributed by atoms with van der Waals surface area (Å²) in [7, 11) is 0. The fraction of sp³-hybridized carbons (Fsp3) is 0.538. The van der Waals surface area contributed by atoms with Gasteiger partial charge < -0.3 is 4.90 Å². The minimum Gasteiger partial charge on any atom is -0.303 e. The fourth-order valence-corrected chi connectivity index (χ4v) is 2.74. The Labute approximate surface area is 112 Å². The molecule has 3 rings (SSSR count). The van der Waals surface area contributed by atoms with E-state index >= 15 is 0 Å². The summed E-state index contributed by atoms with van der Waals surface area (Å²) in [5.41, 5.74) is 0.757. The zero-order valence-electron chi connectivity index (χ0n) is 10.3. The van der Waals surface area contributed by atoms with E-state index in [-0.39, 0.29) is 0 Å². The van der Waals surface area contributed by atoms with Crippen molar-refractivity contribution < 1.29 is 0 Å². The predicted molar refractivity (Wildman–Crippen MR) is 72.0 cm³/mol. The van der Waals surface area contributed by atoms with Gasteiger partial charge in [-0.15, -0.1) is 10.2 Å². The quantitative estimate of drug-likeness (QED) is 0.854. The number of fused-ring (bicyclic) bond motifs is 1. The minimum absolute atomic E-state index is 0.661. The number of hydrogen-bond acceptors (Lipinski definition) is 3. The van der Waals surface area contributed by atoms with Gasteiger partial charge in [0.05, 0.1) is 5.02 Å². The Morgan fingerprint density at radius 3 is 2.83 bits per heavy atom. The first-order valence-electron chi connectivity index (χ1n) is 6.55. The molecule has 1 saturated heterocycles. The highest BCUT2D eigenvalue weighted by atomic mass is 35.5. The normalized spacial score (nSPS) is 17.4. The molecular weight excluding hydrogens is 248 g/mol. The average molecular weight is 265 g/mol. The average Bonchev–Trinajstić information content (AvgIpc) is 2.82. The summed E-state index contributed by atoms with van der Waals surface area (Å²) in [6.07, 6.45) is 6.94. The summed E-state index contributed by atoms with van der Waals surface area (Å²) in [5.74, 6) is 0.998. The lowest BCUT2D eigenvalue weighted by Crippen LogP contribution is -2.31. The van der Waals surface area contributed by atoms with Crippen LogP contribution in [0.5, 0.6) is 0 Å². The van der Waals surface area contributed by atoms with Gasteiger partial charge in [-0.3, -0.25) is 4.40 Å². The van der Waals surface area contributed by atoms with Crippen LogP contribution < -0.4 is 0 Å². The molecule has 0 bridgehead atoms. The zero-order chi connectivity index (χ0) is 12.4. The molecule has 1 aliphatic rings. The van der Waals surface area contributed by atoms with E-state index in [0.29, 0.717) is 5.02 Å². The molecule has 18 heavy (non-hydrogen) atoms. The van der Waals surface area contributed by atoms with Gasteiger partial charge in [-0.25, -0.2) is 0 Å². The minimum atomic E-state index is 0.661. The number of pyridine rings is 1. The summed E-state index contributed by atoms with van der Waals surface area (Å²) in [6, 6.07) is 3.78. The number of rotatable bonds is 3. The highest BCUT2D eigenvalue weighted by Gasteiger charge is 2.12. The zero-order valence-corrected chi connectivity index (χ0v) is 11.1. The maximum atomic E-state index is 6.09. The first-order valence-corrected chi connectivity index (χ1v) is 6.93. The van der Waals surface area contributed by atoms with Gasteiger partial charge in [-0.2, -0.15) is 0 Å². The molecule has 0 unspecified atom stereocenters. The fourth-order valence-electron chi connectivity index (χ4n) is 2.54. The maximum absolute atomic E-state index is 6.09. The van der Waals surface area contributed by atoms with Gasteiger partial charge in [-0.1, -0.05) is 18.0 Å². The molecule has 3 heterocycles. The van der Waals surface area contributed by atoms with Crippen LogP contribution in [0.1, 0.15) is 25.1 Å². The van der Waals surface area contributed by atoms with E-state index in [1.54, 1.807) is 0 Å². The van der Waals surface area contributed by atoms with Crippen molar-refractivity contribution in [2.45, 2.75) is 25.7 Å². The van der Waals surface area contributed by atoms with E-state index in [2.05, 4.69) is 15.1 Å². The second kappa shape index (κ2) is 5.24. The lowest BCUT2D eigenvalue weighted by molar-refractivity contribution is 0.230. The Hall–Kier alpha value is -1.13. The monoisotopic (exact) mass is 264 g/mol. The van der Waals surface area contributed by atoms with Crippen LogP contribution in [0.2, 0.25) is 5.02 Å². The van der Waals surface area contributed by atoms with Crippen LogP contribution in [0.25, 0.3) is 5.65 Å². The van der Waals surface area contributed by atoms with E-state index in [1.165, 1.54) is 32.4 Å². The van der Waals surface area contributed by atoms with Crippen molar-refractivity contribution in [2.24, 2.45) is 0 Å². The molecule has 4 nitrogen and oxygen atoms in total. The molecule has 1 fully saturated rings. The molecule has 0 atom stereocenters. The third-order valence-electron chi connectivity index (χ3n) is 3.56. The van der Waals surface area contributed by atoms with E-state index < -0.39 is 0 Å². The van der Waals surface area contributed by atoms with E-state index in [1.807, 2.05) is 22.7 Å². The lowest BCUT2D eigenvalue weighted by atomic mass is 10.1. The lowest BCUT2D eigenvalue weighted by Gasteiger charge is -2.25. The predicted octanol–water partition coefficient (Wildman–Crippen LogP) is 2.41. The topological polar surface area (TPSA) is 33.4 Å². The van der Waals surface area contributed by atoms with Crippen molar-refractivity contribution in [1.82, 2.24) is 19.5 Å². The van der Waals surface area contributed by atoms with Crippen LogP contribution in [-0.4, -0.2) is 39.1 Å². The number of piperidine rings is 1. The van der Waals surface area contributed by atoms with Crippen molar-refractivity contribution in [3.05, 3.63) is 29.2 Å². The van der Waals surface area contributed by atoms with Crippen molar-refractivity contribution in [3.63, 3.8) is 0 Å². The third kappa shape index (κ3) is 2.35. The first kappa shape index (κ1) is 11.9. The number of hydrogen-bond donors (Lipinski definition) is 0. The molecule has 0 radical (unpaired) electrons. The van der Waals surface area contributed by atoms with Gasteiger partial charge in [0, 0.05) is 19.2 Å². The SMILES string of the molecule is Clc1cccn2c(CCN3CCCCC3)nnc12. The Bertz CT molecular complexity index is 531. The van der Waals surface area contributed by atoms with Gasteiger partial charge in [-0.05, 0) is 38.1 Å². The Morgan fingerprint density at radius 1 is 1.17 bits per heavy atom. The maximum Gasteiger partial charge on any atom is 0.179 e. The molecule has 0 N–H and O–H groups in total. The van der Waals surface area contributed by atoms with Gasteiger partial charge in [0.2, 0.25) is 0 Å². The van der Waals surface area contributed by atoms with Gasteiger partial charge >= 0.3 is 0 Å². The van der Waals surface area contributed by atoms with E-state index in [9.17, 15) is 0 Å². The molecule has 2 aromatic rings. The smallest absolute Gasteiger partial charge is 0.179 e. The molecular formula is C13H17ClN4. The Balaban J connectivity index is 1.72. The van der Waals surface area contributed by atoms with Crippen molar-refractivity contribution in [1.29, 1.82) is 0 Å². The van der Waals surface area contributed by atoms with Gasteiger partial charge in [0.25, 0.3) is 0 Å². The largest absolute Gasteiger partial charge is 0.303 e. The standard InChI is InChI=1S/C13H17ClN4/c14-11-5-4-9-18-12(15-16-13(11)18)6-10-17-7-2-1-3-8-17/h4-5,9H,1-3,6-8,10H2. The summed E-state index contributed by atoms with van der Waals surface area (Å²) in [5, 5.41) is 9.05. The van der Waals surface area contributed by atoms with E-state index in [4.69, 9.17) is 11.6 Å². The van der Waals surface area contributed by atoms with Crippen molar-refractivity contribution in [3.8, 4) is 0 Å². The number of likely N-dealkylation sites (tertiary alicyclic amines) is 1. The van der Waals surface area contributed by atoms with Crippen LogP contribution >= 0.6 is 11.6 Å². The molecule has 0 spiro atoms. The van der Waals surface area contributed by atoms with Crippen LogP contribution in [0.3, 0.4) is 0 Å². The highest BCUT2D eigenvalue weighted by Crippen LogP contribution is 2.16. The summed E-state index contributed by atoms with van der Waals surface area (Å²) >= 11 is 6.09. The highest BCUT2D eigenvalue weighted by molar-refractivity contribution is 6.33. The van der Waals surface area contributed by atoms with Gasteiger partial charge in [0.1, 0.15) is 5.82 Å². The molecule has 0 aromatic carbocycles. The number of aromatic nitrogens is 3. The van der Waals surface area contributed by atoms with Gasteiger partial charge in [0.15, 0.2) is 5.65 Å². The van der Waals surface area contributed by atoms with Crippen LogP contribution in [0.15, 0.2) is 18.3 Å². The van der Waals surface area contributed by atoms with E-state index in [0.717, 1.165) is 24.4 Å². The molecule has 2 aromatic heterocycles. The number of halogens is 1. The summed E-state index contributed by atoms with van der Waals surface area (Å²) in [4.78, 5) is 2.51. The molecule has 0 amide bonds. The molecule has 0 saturated carbocycles. The second-order valence-corrected chi connectivity index (χ2v) is 5.23. The molecule has 5 heteroatoms. The molecule has 96 valence electrons. The van der Waals surface area contributed by atoms with Crippen molar-refractivity contribution >= 4 is 17.2 Å². The number of nitrogens with zero attached hydrogens (tertiary/aromatic N) is 4. The van der Waals surface area contributed by atoms with Crippen LogP contribution in [-0.2, 0) is 6.42 Å². The third-order valence-corrected chi connectivity index (χ3v) is 3.85. The summed E-state index contributed by atoms with van der Waals surface area (Å²) < 4.78 is 1.99. The van der Waals surface area contributed by atoms with Crippen LogP contribution in [0, 0.1) is 0 Å².